The lowest BCUT2D eigenvalue weighted by atomic mass is 10.4. The lowest BCUT2D eigenvalue weighted by molar-refractivity contribution is -0.107. The van der Waals surface area contributed by atoms with E-state index in [1.54, 1.807) is 0 Å². The van der Waals surface area contributed by atoms with E-state index in [0.717, 1.165) is 12.8 Å². The van der Waals surface area contributed by atoms with Gasteiger partial charge in [0.2, 0.25) is 0 Å². The van der Waals surface area contributed by atoms with Gasteiger partial charge in [-0.1, -0.05) is 13.8 Å². The molecule has 0 aromatic heterocycles. The van der Waals surface area contributed by atoms with Crippen molar-refractivity contribution >= 4 is 18.7 Å². The number of nitrogens with one attached hydrogen (secondary N) is 1. The Balaban J connectivity index is 0. The van der Waals surface area contributed by atoms with Crippen LogP contribution in [0.4, 0.5) is 0 Å². The fourth-order valence-electron chi connectivity index (χ4n) is 0.431. The molecule has 0 saturated heterocycles. The minimum atomic E-state index is 0. The van der Waals surface area contributed by atoms with Crippen LogP contribution in [-0.4, -0.2) is 18.9 Å². The molecular formula is C6H14ClNO. The molecule has 1 N–H and O–H groups in total. The highest BCUT2D eigenvalue weighted by Gasteiger charge is 1.87. The molecule has 0 saturated carbocycles. The molecule has 0 atom stereocenters. The van der Waals surface area contributed by atoms with Crippen LogP contribution in [0.1, 0.15) is 20.3 Å². The monoisotopic (exact) mass is 151 g/mol. The molecule has 3 heteroatoms. The number of hydrogen-bond donors (Lipinski definition) is 1. The van der Waals surface area contributed by atoms with Gasteiger partial charge in [0.05, 0.1) is 0 Å². The summed E-state index contributed by atoms with van der Waals surface area (Å²) < 4.78 is 0. The van der Waals surface area contributed by atoms with Crippen molar-refractivity contribution in [1.29, 1.82) is 0 Å². The van der Waals surface area contributed by atoms with Gasteiger partial charge in [0.1, 0.15) is 6.29 Å². The average molecular weight is 152 g/mol. The highest BCUT2D eigenvalue weighted by atomic mass is 35.5. The van der Waals surface area contributed by atoms with Gasteiger partial charge in [0.25, 0.3) is 0 Å². The van der Waals surface area contributed by atoms with Gasteiger partial charge in [0.15, 0.2) is 0 Å². The average Bonchev–Trinajstić information content (AvgIpc) is 1.66. The first-order valence-corrected chi connectivity index (χ1v) is 2.94. The van der Waals surface area contributed by atoms with E-state index >= 15 is 0 Å². The molecule has 0 bridgehead atoms. The van der Waals surface area contributed by atoms with E-state index in [4.69, 9.17) is 0 Å². The Bertz CT molecular complexity index is 66.1. The molecule has 0 rings (SSSR count). The van der Waals surface area contributed by atoms with Crippen molar-refractivity contribution < 1.29 is 4.79 Å². The summed E-state index contributed by atoms with van der Waals surface area (Å²) in [5.74, 6) is 0. The second-order valence-electron chi connectivity index (χ2n) is 2.06. The first-order chi connectivity index (χ1) is 3.77. The van der Waals surface area contributed by atoms with E-state index in [-0.39, 0.29) is 12.4 Å². The van der Waals surface area contributed by atoms with Crippen LogP contribution in [0.5, 0.6) is 0 Å². The van der Waals surface area contributed by atoms with Crippen LogP contribution >= 0.6 is 12.4 Å². The molecular weight excluding hydrogens is 138 g/mol. The Hall–Kier alpha value is -0.0800. The van der Waals surface area contributed by atoms with Crippen LogP contribution in [0.2, 0.25) is 0 Å². The van der Waals surface area contributed by atoms with Crippen LogP contribution in [0.3, 0.4) is 0 Å². The molecule has 0 aromatic carbocycles. The number of aldehydes is 1. The predicted octanol–water partition coefficient (Wildman–Crippen LogP) is 0.995. The molecule has 0 unspecified atom stereocenters. The summed E-state index contributed by atoms with van der Waals surface area (Å²) in [5, 5.41) is 3.12. The maximum absolute atomic E-state index is 9.75. The number of halogens is 1. The van der Waals surface area contributed by atoms with Crippen LogP contribution in [0.25, 0.3) is 0 Å². The Kier molecular flexibility index (Phi) is 10.3. The van der Waals surface area contributed by atoms with Crippen molar-refractivity contribution in [1.82, 2.24) is 5.32 Å². The number of carbonyl (C=O) groups excluding carboxylic acids is 1. The molecule has 56 valence electrons. The van der Waals surface area contributed by atoms with Crippen molar-refractivity contribution in [3.63, 3.8) is 0 Å². The minimum absolute atomic E-state index is 0. The zero-order chi connectivity index (χ0) is 6.41. The maximum atomic E-state index is 9.75. The summed E-state index contributed by atoms with van der Waals surface area (Å²) in [7, 11) is 0. The van der Waals surface area contributed by atoms with E-state index in [1.165, 1.54) is 0 Å². The summed E-state index contributed by atoms with van der Waals surface area (Å²) in [6.07, 6.45) is 1.55. The fourth-order valence-corrected chi connectivity index (χ4v) is 0.431. The largest absolute Gasteiger partial charge is 0.314 e. The first-order valence-electron chi connectivity index (χ1n) is 2.94. The van der Waals surface area contributed by atoms with Gasteiger partial charge in [-0.05, 0) is 0 Å². The van der Waals surface area contributed by atoms with Gasteiger partial charge in [-0.3, -0.25) is 0 Å². The van der Waals surface area contributed by atoms with Gasteiger partial charge in [-0.25, -0.2) is 0 Å². The third kappa shape index (κ3) is 11.5. The Morgan fingerprint density at radius 2 is 2.11 bits per heavy atom. The van der Waals surface area contributed by atoms with Crippen LogP contribution < -0.4 is 5.32 Å². The summed E-state index contributed by atoms with van der Waals surface area (Å²) in [6.45, 7) is 4.93. The second-order valence-corrected chi connectivity index (χ2v) is 2.06. The zero-order valence-electron chi connectivity index (χ0n) is 5.89. The normalized spacial score (nSPS) is 8.78. The molecule has 0 aliphatic heterocycles. The Labute approximate surface area is 62.4 Å². The van der Waals surface area contributed by atoms with Crippen LogP contribution in [-0.2, 0) is 4.79 Å². The minimum Gasteiger partial charge on any atom is -0.314 e. The van der Waals surface area contributed by atoms with Gasteiger partial charge in [-0.2, -0.15) is 0 Å². The number of rotatable bonds is 4. The third-order valence-electron chi connectivity index (χ3n) is 0.815. The van der Waals surface area contributed by atoms with Crippen molar-refractivity contribution in [2.75, 3.05) is 6.54 Å². The van der Waals surface area contributed by atoms with Crippen LogP contribution in [0, 0.1) is 0 Å². The number of hydrogen-bond acceptors (Lipinski definition) is 2. The van der Waals surface area contributed by atoms with Crippen molar-refractivity contribution in [2.45, 2.75) is 26.3 Å². The van der Waals surface area contributed by atoms with E-state index in [0.29, 0.717) is 12.5 Å². The van der Waals surface area contributed by atoms with Crippen LogP contribution in [0.15, 0.2) is 0 Å². The van der Waals surface area contributed by atoms with Crippen molar-refractivity contribution in [3.05, 3.63) is 0 Å². The van der Waals surface area contributed by atoms with Crippen molar-refractivity contribution in [3.8, 4) is 0 Å². The molecule has 9 heavy (non-hydrogen) atoms. The highest BCUT2D eigenvalue weighted by molar-refractivity contribution is 5.85. The lowest BCUT2D eigenvalue weighted by Crippen LogP contribution is -2.23. The van der Waals surface area contributed by atoms with Gasteiger partial charge >= 0.3 is 0 Å². The Morgan fingerprint density at radius 3 is 2.44 bits per heavy atom. The predicted molar refractivity (Wildman–Crippen MR) is 41.1 cm³/mol. The molecule has 2 nitrogen and oxygen atoms in total. The quantitative estimate of drug-likeness (QED) is 0.480. The zero-order valence-corrected chi connectivity index (χ0v) is 6.70. The Morgan fingerprint density at radius 1 is 1.56 bits per heavy atom. The highest BCUT2D eigenvalue weighted by Crippen LogP contribution is 1.75. The molecule has 0 heterocycles. The summed E-state index contributed by atoms with van der Waals surface area (Å²) in [6, 6.07) is 0.495. The smallest absolute Gasteiger partial charge is 0.121 e. The van der Waals surface area contributed by atoms with Gasteiger partial charge in [0, 0.05) is 19.0 Å². The summed E-state index contributed by atoms with van der Waals surface area (Å²) >= 11 is 0. The maximum Gasteiger partial charge on any atom is 0.121 e. The second kappa shape index (κ2) is 7.92. The molecule has 0 aliphatic carbocycles. The topological polar surface area (TPSA) is 29.1 Å². The fraction of sp³-hybridized carbons (Fsp3) is 0.833. The van der Waals surface area contributed by atoms with E-state index in [1.807, 2.05) is 0 Å². The summed E-state index contributed by atoms with van der Waals surface area (Å²) in [5.41, 5.74) is 0. The van der Waals surface area contributed by atoms with E-state index in [2.05, 4.69) is 19.2 Å². The molecule has 0 amide bonds. The first kappa shape index (κ1) is 11.7. The standard InChI is InChI=1S/C6H13NO.ClH/c1-6(2)7-4-3-5-8;/h5-7H,3-4H2,1-2H3;1H. The third-order valence-corrected chi connectivity index (χ3v) is 0.815. The van der Waals surface area contributed by atoms with Crippen molar-refractivity contribution in [2.24, 2.45) is 0 Å². The van der Waals surface area contributed by atoms with Gasteiger partial charge in [-0.15, -0.1) is 12.4 Å². The van der Waals surface area contributed by atoms with E-state index < -0.39 is 0 Å². The molecule has 0 radical (unpaired) electrons. The molecule has 0 spiro atoms. The molecule has 0 aliphatic rings. The number of carbonyl (C=O) groups is 1. The van der Waals surface area contributed by atoms with E-state index in [9.17, 15) is 4.79 Å². The SMILES string of the molecule is CC(C)NCCC=O.Cl. The summed E-state index contributed by atoms with van der Waals surface area (Å²) in [4.78, 5) is 9.75. The molecule has 0 aromatic rings. The van der Waals surface area contributed by atoms with Gasteiger partial charge < -0.3 is 10.1 Å². The lowest BCUT2D eigenvalue weighted by Gasteiger charge is -2.03. The molecule has 0 fully saturated rings.